The highest BCUT2D eigenvalue weighted by Gasteiger charge is 2.12. The first-order chi connectivity index (χ1) is 13.0. The fraction of sp³-hybridized carbons (Fsp3) is 0.222. The lowest BCUT2D eigenvalue weighted by molar-refractivity contribution is -0.117. The summed E-state index contributed by atoms with van der Waals surface area (Å²) in [7, 11) is 3.08. The van der Waals surface area contributed by atoms with E-state index in [4.69, 9.17) is 14.0 Å². The smallest absolute Gasteiger partial charge is 0.267 e. The topological polar surface area (TPSA) is 108 Å². The van der Waals surface area contributed by atoms with Gasteiger partial charge in [0.05, 0.1) is 19.9 Å². The summed E-state index contributed by atoms with van der Waals surface area (Å²) in [5.41, 5.74) is 0.834. The quantitative estimate of drug-likeness (QED) is 0.705. The largest absolute Gasteiger partial charge is 0.493 e. The monoisotopic (exact) mass is 370 g/mol. The van der Waals surface area contributed by atoms with Gasteiger partial charge < -0.3 is 19.3 Å². The standard InChI is InChI=1S/C18H18N4O5/c1-11-8-16(21-27-11)19-17(23)10-22-18(24)7-5-13(20-22)12-4-6-14(25-2)15(9-12)26-3/h4-9H,10H2,1-3H3,(H,19,21,23). The molecule has 2 heterocycles. The molecule has 0 aliphatic carbocycles. The first kappa shape index (κ1) is 18.2. The van der Waals surface area contributed by atoms with Gasteiger partial charge in [-0.15, -0.1) is 0 Å². The molecular weight excluding hydrogens is 352 g/mol. The summed E-state index contributed by atoms with van der Waals surface area (Å²) in [6.45, 7) is 1.45. The number of rotatable bonds is 6. The molecule has 9 nitrogen and oxygen atoms in total. The minimum absolute atomic E-state index is 0.258. The van der Waals surface area contributed by atoms with Gasteiger partial charge in [-0.05, 0) is 31.2 Å². The molecule has 3 aromatic rings. The number of ether oxygens (including phenoxy) is 2. The van der Waals surface area contributed by atoms with Crippen molar-refractivity contribution in [2.45, 2.75) is 13.5 Å². The summed E-state index contributed by atoms with van der Waals surface area (Å²) in [4.78, 5) is 24.2. The van der Waals surface area contributed by atoms with Crippen LogP contribution in [0.1, 0.15) is 5.76 Å². The van der Waals surface area contributed by atoms with Crippen LogP contribution < -0.4 is 20.3 Å². The lowest BCUT2D eigenvalue weighted by Crippen LogP contribution is -2.29. The van der Waals surface area contributed by atoms with E-state index < -0.39 is 11.5 Å². The number of nitrogens with one attached hydrogen (secondary N) is 1. The highest BCUT2D eigenvalue weighted by atomic mass is 16.5. The zero-order chi connectivity index (χ0) is 19.4. The summed E-state index contributed by atoms with van der Waals surface area (Å²) in [6, 6.07) is 9.79. The van der Waals surface area contributed by atoms with Gasteiger partial charge >= 0.3 is 0 Å². The van der Waals surface area contributed by atoms with Crippen molar-refractivity contribution < 1.29 is 18.8 Å². The van der Waals surface area contributed by atoms with Crippen LogP contribution >= 0.6 is 0 Å². The molecule has 2 aromatic heterocycles. The van der Waals surface area contributed by atoms with Crippen molar-refractivity contribution in [1.29, 1.82) is 0 Å². The van der Waals surface area contributed by atoms with Crippen LogP contribution in [0.2, 0.25) is 0 Å². The van der Waals surface area contributed by atoms with Gasteiger partial charge in [-0.2, -0.15) is 5.10 Å². The fourth-order valence-corrected chi connectivity index (χ4v) is 2.46. The van der Waals surface area contributed by atoms with E-state index in [2.05, 4.69) is 15.6 Å². The maximum absolute atomic E-state index is 12.1. The van der Waals surface area contributed by atoms with Crippen LogP contribution in [0.15, 0.2) is 45.7 Å². The van der Waals surface area contributed by atoms with Crippen LogP contribution in [-0.4, -0.2) is 35.1 Å². The molecule has 0 bridgehead atoms. The number of aromatic nitrogens is 3. The SMILES string of the molecule is COc1ccc(-c2ccc(=O)n(CC(=O)Nc3cc(C)on3)n2)cc1OC. The van der Waals surface area contributed by atoms with E-state index in [1.165, 1.54) is 13.2 Å². The van der Waals surface area contributed by atoms with E-state index in [1.807, 2.05) is 0 Å². The number of nitrogens with zero attached hydrogens (tertiary/aromatic N) is 3. The van der Waals surface area contributed by atoms with Crippen molar-refractivity contribution in [2.75, 3.05) is 19.5 Å². The van der Waals surface area contributed by atoms with Gasteiger partial charge in [0.2, 0.25) is 5.91 Å². The summed E-state index contributed by atoms with van der Waals surface area (Å²) in [5.74, 6) is 1.52. The molecule has 1 N–H and O–H groups in total. The van der Waals surface area contributed by atoms with E-state index >= 15 is 0 Å². The molecule has 0 spiro atoms. The number of benzene rings is 1. The molecule has 0 radical (unpaired) electrons. The van der Waals surface area contributed by atoms with Gasteiger partial charge in [-0.3, -0.25) is 9.59 Å². The highest BCUT2D eigenvalue weighted by Crippen LogP contribution is 2.31. The van der Waals surface area contributed by atoms with E-state index in [0.717, 1.165) is 4.68 Å². The third-order valence-electron chi connectivity index (χ3n) is 3.73. The summed E-state index contributed by atoms with van der Waals surface area (Å²) in [5, 5.41) is 10.5. The number of hydrogen-bond donors (Lipinski definition) is 1. The molecule has 0 unspecified atom stereocenters. The van der Waals surface area contributed by atoms with Crippen molar-refractivity contribution in [3.05, 3.63) is 52.5 Å². The third-order valence-corrected chi connectivity index (χ3v) is 3.73. The van der Waals surface area contributed by atoms with Gasteiger partial charge in [0.1, 0.15) is 12.3 Å². The lowest BCUT2D eigenvalue weighted by atomic mass is 10.1. The average Bonchev–Trinajstić information content (AvgIpc) is 3.07. The number of aryl methyl sites for hydroxylation is 1. The number of amides is 1. The third kappa shape index (κ3) is 4.14. The van der Waals surface area contributed by atoms with E-state index in [0.29, 0.717) is 28.5 Å². The molecule has 27 heavy (non-hydrogen) atoms. The average molecular weight is 370 g/mol. The first-order valence-corrected chi connectivity index (χ1v) is 8.04. The van der Waals surface area contributed by atoms with Crippen LogP contribution in [0.3, 0.4) is 0 Å². The van der Waals surface area contributed by atoms with Crippen molar-refractivity contribution in [3.8, 4) is 22.8 Å². The molecular formula is C18H18N4O5. The van der Waals surface area contributed by atoms with Crippen LogP contribution in [0.4, 0.5) is 5.82 Å². The summed E-state index contributed by atoms with van der Waals surface area (Å²) >= 11 is 0. The lowest BCUT2D eigenvalue weighted by Gasteiger charge is -2.10. The minimum Gasteiger partial charge on any atom is -0.493 e. The molecule has 9 heteroatoms. The van der Waals surface area contributed by atoms with Gasteiger partial charge in [0.25, 0.3) is 5.56 Å². The van der Waals surface area contributed by atoms with Crippen molar-refractivity contribution in [1.82, 2.24) is 14.9 Å². The normalized spacial score (nSPS) is 10.5. The fourth-order valence-electron chi connectivity index (χ4n) is 2.46. The molecule has 1 aromatic carbocycles. The molecule has 0 saturated carbocycles. The predicted octanol–water partition coefficient (Wildman–Crippen LogP) is 1.86. The Morgan fingerprint density at radius 2 is 1.93 bits per heavy atom. The number of carbonyl (C=O) groups is 1. The second-order valence-corrected chi connectivity index (χ2v) is 5.66. The van der Waals surface area contributed by atoms with Crippen LogP contribution in [0, 0.1) is 6.92 Å². The maximum atomic E-state index is 12.1. The number of anilines is 1. The second-order valence-electron chi connectivity index (χ2n) is 5.66. The van der Waals surface area contributed by atoms with Crippen LogP contribution in [0.5, 0.6) is 11.5 Å². The Kier molecular flexibility index (Phi) is 5.20. The molecule has 0 fully saturated rings. The minimum atomic E-state index is -0.442. The van der Waals surface area contributed by atoms with Crippen LogP contribution in [0.25, 0.3) is 11.3 Å². The van der Waals surface area contributed by atoms with Gasteiger partial charge in [-0.25, -0.2) is 4.68 Å². The first-order valence-electron chi connectivity index (χ1n) is 8.04. The highest BCUT2D eigenvalue weighted by molar-refractivity contribution is 5.89. The molecule has 0 saturated heterocycles. The van der Waals surface area contributed by atoms with Gasteiger partial charge in [-0.1, -0.05) is 5.16 Å². The Labute approximate surface area is 154 Å². The zero-order valence-electron chi connectivity index (χ0n) is 15.1. The molecule has 1 amide bonds. The van der Waals surface area contributed by atoms with E-state index in [9.17, 15) is 9.59 Å². The molecule has 3 rings (SSSR count). The number of hydrogen-bond acceptors (Lipinski definition) is 7. The predicted molar refractivity (Wildman–Crippen MR) is 96.9 cm³/mol. The van der Waals surface area contributed by atoms with E-state index in [-0.39, 0.29) is 12.4 Å². The van der Waals surface area contributed by atoms with Crippen LogP contribution in [-0.2, 0) is 11.3 Å². The maximum Gasteiger partial charge on any atom is 0.267 e. The Morgan fingerprint density at radius 3 is 2.59 bits per heavy atom. The van der Waals surface area contributed by atoms with Crippen molar-refractivity contribution >= 4 is 11.7 Å². The van der Waals surface area contributed by atoms with Gasteiger partial charge in [0.15, 0.2) is 17.3 Å². The van der Waals surface area contributed by atoms with Crippen molar-refractivity contribution in [2.24, 2.45) is 0 Å². The molecule has 140 valence electrons. The summed E-state index contributed by atoms with van der Waals surface area (Å²) < 4.78 is 16.5. The Hall–Kier alpha value is -3.62. The Morgan fingerprint density at radius 1 is 1.15 bits per heavy atom. The molecule has 0 aliphatic rings. The van der Waals surface area contributed by atoms with Gasteiger partial charge in [0, 0.05) is 17.7 Å². The second kappa shape index (κ2) is 7.73. The summed E-state index contributed by atoms with van der Waals surface area (Å²) in [6.07, 6.45) is 0. The number of methoxy groups -OCH3 is 2. The Balaban J connectivity index is 1.84. The molecule has 0 atom stereocenters. The molecule has 0 aliphatic heterocycles. The Bertz CT molecular complexity index is 1020. The van der Waals surface area contributed by atoms with Crippen molar-refractivity contribution in [3.63, 3.8) is 0 Å². The van der Waals surface area contributed by atoms with E-state index in [1.54, 1.807) is 44.4 Å². The number of carbonyl (C=O) groups excluding carboxylic acids is 1. The zero-order valence-corrected chi connectivity index (χ0v) is 15.1.